The topological polar surface area (TPSA) is 73.3 Å². The molecule has 0 atom stereocenters. The second-order valence-electron chi connectivity index (χ2n) is 3.06. The van der Waals surface area contributed by atoms with Crippen LogP contribution in [0.1, 0.15) is 16.1 Å². The minimum absolute atomic E-state index is 0.000859. The molecule has 2 N–H and O–H groups in total. The van der Waals surface area contributed by atoms with Crippen LogP contribution in [0.3, 0.4) is 0 Å². The first kappa shape index (κ1) is 8.83. The van der Waals surface area contributed by atoms with Gasteiger partial charge in [0.2, 0.25) is 5.78 Å². The smallest absolute Gasteiger partial charge is 0.233 e. The Labute approximate surface area is 80.6 Å². The SMILES string of the molecule is Cc1cn2cc(C(=O)CN)cnc2n1. The molecule has 72 valence electrons. The van der Waals surface area contributed by atoms with Gasteiger partial charge in [-0.3, -0.25) is 9.20 Å². The summed E-state index contributed by atoms with van der Waals surface area (Å²) >= 11 is 0. The fraction of sp³-hybridized carbons (Fsp3) is 0.222. The second-order valence-corrected chi connectivity index (χ2v) is 3.06. The van der Waals surface area contributed by atoms with Crippen LogP contribution in [0.2, 0.25) is 0 Å². The van der Waals surface area contributed by atoms with Crippen LogP contribution in [0.5, 0.6) is 0 Å². The third-order valence-corrected chi connectivity index (χ3v) is 1.94. The highest BCUT2D eigenvalue weighted by atomic mass is 16.1. The van der Waals surface area contributed by atoms with Crippen LogP contribution in [0.15, 0.2) is 18.6 Å². The Balaban J connectivity index is 2.55. The predicted molar refractivity (Wildman–Crippen MR) is 51.1 cm³/mol. The van der Waals surface area contributed by atoms with Gasteiger partial charge in [-0.05, 0) is 6.92 Å². The van der Waals surface area contributed by atoms with Gasteiger partial charge in [0.1, 0.15) is 0 Å². The van der Waals surface area contributed by atoms with Gasteiger partial charge in [-0.1, -0.05) is 0 Å². The third-order valence-electron chi connectivity index (χ3n) is 1.94. The molecule has 0 spiro atoms. The number of Topliss-reactive ketones (excluding diaryl/α,β-unsaturated/α-hetero) is 1. The minimum Gasteiger partial charge on any atom is -0.324 e. The van der Waals surface area contributed by atoms with Gasteiger partial charge in [0, 0.05) is 18.6 Å². The highest BCUT2D eigenvalue weighted by Crippen LogP contribution is 2.04. The van der Waals surface area contributed by atoms with Crippen molar-refractivity contribution in [2.75, 3.05) is 6.54 Å². The van der Waals surface area contributed by atoms with Crippen molar-refractivity contribution in [1.29, 1.82) is 0 Å². The number of imidazole rings is 1. The Morgan fingerprint density at radius 2 is 2.36 bits per heavy atom. The van der Waals surface area contributed by atoms with Crippen molar-refractivity contribution in [3.8, 4) is 0 Å². The molecule has 0 radical (unpaired) electrons. The van der Waals surface area contributed by atoms with Crippen molar-refractivity contribution in [3.05, 3.63) is 29.8 Å². The van der Waals surface area contributed by atoms with Gasteiger partial charge in [-0.2, -0.15) is 0 Å². The van der Waals surface area contributed by atoms with Gasteiger partial charge < -0.3 is 5.73 Å². The van der Waals surface area contributed by atoms with Gasteiger partial charge in [-0.25, -0.2) is 9.97 Å². The fourth-order valence-electron chi connectivity index (χ4n) is 1.27. The molecule has 5 nitrogen and oxygen atoms in total. The number of nitrogens with two attached hydrogens (primary N) is 1. The van der Waals surface area contributed by atoms with E-state index in [-0.39, 0.29) is 12.3 Å². The monoisotopic (exact) mass is 190 g/mol. The molecule has 0 aliphatic carbocycles. The molecule has 2 aromatic heterocycles. The lowest BCUT2D eigenvalue weighted by molar-refractivity contribution is 0.100. The van der Waals surface area contributed by atoms with Crippen LogP contribution in [-0.4, -0.2) is 26.7 Å². The van der Waals surface area contributed by atoms with Crippen LogP contribution >= 0.6 is 0 Å². The van der Waals surface area contributed by atoms with E-state index in [0.29, 0.717) is 11.3 Å². The Kier molecular flexibility index (Phi) is 2.01. The molecule has 0 saturated heterocycles. The summed E-state index contributed by atoms with van der Waals surface area (Å²) in [5, 5.41) is 0. The maximum absolute atomic E-state index is 11.3. The highest BCUT2D eigenvalue weighted by molar-refractivity contribution is 5.97. The Bertz CT molecular complexity index is 489. The van der Waals surface area contributed by atoms with Crippen LogP contribution < -0.4 is 5.73 Å². The zero-order valence-corrected chi connectivity index (χ0v) is 7.77. The van der Waals surface area contributed by atoms with E-state index in [9.17, 15) is 4.79 Å². The normalized spacial score (nSPS) is 10.7. The number of aromatic nitrogens is 3. The van der Waals surface area contributed by atoms with Gasteiger partial charge in [0.25, 0.3) is 0 Å². The maximum Gasteiger partial charge on any atom is 0.233 e. The zero-order valence-electron chi connectivity index (χ0n) is 7.77. The van der Waals surface area contributed by atoms with E-state index in [0.717, 1.165) is 5.69 Å². The summed E-state index contributed by atoms with van der Waals surface area (Å²) in [6.45, 7) is 1.87. The molecule has 2 rings (SSSR count). The van der Waals surface area contributed by atoms with Crippen molar-refractivity contribution < 1.29 is 4.79 Å². The Morgan fingerprint density at radius 3 is 3.07 bits per heavy atom. The molecule has 2 heterocycles. The molecule has 5 heteroatoms. The first-order valence-electron chi connectivity index (χ1n) is 4.25. The standard InChI is InChI=1S/C9H10N4O/c1-6-4-13-5-7(8(14)2-10)3-11-9(13)12-6/h3-5H,2,10H2,1H3. The number of ketones is 1. The van der Waals surface area contributed by atoms with Crippen LogP contribution in [0, 0.1) is 6.92 Å². The van der Waals surface area contributed by atoms with Gasteiger partial charge in [0.05, 0.1) is 17.8 Å². The average Bonchev–Trinajstić information content (AvgIpc) is 2.55. The van der Waals surface area contributed by atoms with E-state index in [1.807, 2.05) is 13.1 Å². The van der Waals surface area contributed by atoms with Gasteiger partial charge in [-0.15, -0.1) is 0 Å². The zero-order chi connectivity index (χ0) is 10.1. The molecule has 0 fully saturated rings. The predicted octanol–water partition coefficient (Wildman–Crippen LogP) is 0.179. The van der Waals surface area contributed by atoms with E-state index in [1.165, 1.54) is 6.20 Å². The number of aryl methyl sites for hydroxylation is 1. The summed E-state index contributed by atoms with van der Waals surface area (Å²) in [4.78, 5) is 19.5. The molecule has 0 saturated carbocycles. The van der Waals surface area contributed by atoms with E-state index in [4.69, 9.17) is 5.73 Å². The molecule has 0 aromatic carbocycles. The Morgan fingerprint density at radius 1 is 1.57 bits per heavy atom. The highest BCUT2D eigenvalue weighted by Gasteiger charge is 2.06. The van der Waals surface area contributed by atoms with Crippen molar-refractivity contribution in [3.63, 3.8) is 0 Å². The van der Waals surface area contributed by atoms with E-state index >= 15 is 0 Å². The Hall–Kier alpha value is -1.75. The average molecular weight is 190 g/mol. The number of hydrogen-bond acceptors (Lipinski definition) is 4. The number of nitrogens with zero attached hydrogens (tertiary/aromatic N) is 3. The maximum atomic E-state index is 11.3. The summed E-state index contributed by atoms with van der Waals surface area (Å²) < 4.78 is 1.72. The molecule has 0 aliphatic rings. The quantitative estimate of drug-likeness (QED) is 0.685. The molecule has 0 amide bonds. The lowest BCUT2D eigenvalue weighted by Crippen LogP contribution is -2.14. The van der Waals surface area contributed by atoms with Crippen molar-refractivity contribution in [2.24, 2.45) is 5.73 Å². The first-order valence-corrected chi connectivity index (χ1v) is 4.25. The number of carbonyl (C=O) groups is 1. The minimum atomic E-state index is -0.120. The fourth-order valence-corrected chi connectivity index (χ4v) is 1.27. The molecule has 14 heavy (non-hydrogen) atoms. The summed E-state index contributed by atoms with van der Waals surface area (Å²) in [6, 6.07) is 0. The summed E-state index contributed by atoms with van der Waals surface area (Å²) in [5.41, 5.74) is 6.63. The van der Waals surface area contributed by atoms with Crippen LogP contribution in [0.25, 0.3) is 5.78 Å². The summed E-state index contributed by atoms with van der Waals surface area (Å²) in [7, 11) is 0. The number of hydrogen-bond donors (Lipinski definition) is 1. The van der Waals surface area contributed by atoms with E-state index in [2.05, 4.69) is 9.97 Å². The number of carbonyl (C=O) groups excluding carboxylic acids is 1. The van der Waals surface area contributed by atoms with Crippen molar-refractivity contribution in [2.45, 2.75) is 6.92 Å². The lowest BCUT2D eigenvalue weighted by Gasteiger charge is -1.97. The molecular weight excluding hydrogens is 180 g/mol. The molecule has 2 aromatic rings. The van der Waals surface area contributed by atoms with E-state index in [1.54, 1.807) is 10.6 Å². The molecule has 0 bridgehead atoms. The number of rotatable bonds is 2. The van der Waals surface area contributed by atoms with Gasteiger partial charge in [0.15, 0.2) is 5.78 Å². The summed E-state index contributed by atoms with van der Waals surface area (Å²) in [5.74, 6) is 0.474. The van der Waals surface area contributed by atoms with Crippen LogP contribution in [-0.2, 0) is 0 Å². The van der Waals surface area contributed by atoms with Gasteiger partial charge >= 0.3 is 0 Å². The van der Waals surface area contributed by atoms with Crippen molar-refractivity contribution in [1.82, 2.24) is 14.4 Å². The first-order chi connectivity index (χ1) is 6.70. The van der Waals surface area contributed by atoms with Crippen molar-refractivity contribution >= 4 is 11.6 Å². The van der Waals surface area contributed by atoms with E-state index < -0.39 is 0 Å². The molecular formula is C9H10N4O. The third kappa shape index (κ3) is 1.38. The molecule has 0 unspecified atom stereocenters. The second kappa shape index (κ2) is 3.19. The lowest BCUT2D eigenvalue weighted by atomic mass is 10.2. The largest absolute Gasteiger partial charge is 0.324 e. The molecule has 0 aliphatic heterocycles. The number of fused-ring (bicyclic) bond motifs is 1. The summed E-state index contributed by atoms with van der Waals surface area (Å²) in [6.07, 6.45) is 5.00. The van der Waals surface area contributed by atoms with Crippen LogP contribution in [0.4, 0.5) is 0 Å².